The van der Waals surface area contributed by atoms with Gasteiger partial charge in [-0.1, -0.05) is 20.3 Å². The van der Waals surface area contributed by atoms with Crippen molar-refractivity contribution in [2.45, 2.75) is 33.1 Å². The van der Waals surface area contributed by atoms with Crippen molar-refractivity contribution < 1.29 is 14.6 Å². The summed E-state index contributed by atoms with van der Waals surface area (Å²) in [5.41, 5.74) is 0.427. The molecule has 0 aromatic rings. The Kier molecular flexibility index (Phi) is 7.30. The molecule has 76 valence electrons. The summed E-state index contributed by atoms with van der Waals surface area (Å²) in [6.45, 7) is 5.04. The lowest BCUT2D eigenvalue weighted by Crippen LogP contribution is -2.02. The topological polar surface area (TPSA) is 46.5 Å². The third-order valence-corrected chi connectivity index (χ3v) is 1.75. The van der Waals surface area contributed by atoms with Crippen LogP contribution in [-0.4, -0.2) is 24.3 Å². The average molecular weight is 186 g/mol. The highest BCUT2D eigenvalue weighted by atomic mass is 16.5. The summed E-state index contributed by atoms with van der Waals surface area (Å²) in [5.74, 6) is -0.846. The second kappa shape index (κ2) is 7.80. The van der Waals surface area contributed by atoms with Crippen molar-refractivity contribution in [1.29, 1.82) is 0 Å². The fourth-order valence-electron chi connectivity index (χ4n) is 0.872. The number of unbranched alkanes of at least 4 members (excludes halogenated alkanes) is 1. The molecule has 0 saturated heterocycles. The molecular weight excluding hydrogens is 168 g/mol. The van der Waals surface area contributed by atoms with Crippen LogP contribution in [-0.2, 0) is 9.53 Å². The zero-order valence-electron chi connectivity index (χ0n) is 8.38. The van der Waals surface area contributed by atoms with E-state index < -0.39 is 5.97 Å². The molecule has 0 heterocycles. The summed E-state index contributed by atoms with van der Waals surface area (Å²) < 4.78 is 5.22. The minimum absolute atomic E-state index is 0.412. The van der Waals surface area contributed by atoms with Crippen LogP contribution in [0.2, 0.25) is 0 Å². The van der Waals surface area contributed by atoms with Crippen molar-refractivity contribution in [2.75, 3.05) is 13.2 Å². The molecule has 0 amide bonds. The molecule has 13 heavy (non-hydrogen) atoms. The Hall–Kier alpha value is -0.830. The Morgan fingerprint density at radius 3 is 2.62 bits per heavy atom. The molecule has 0 atom stereocenters. The lowest BCUT2D eigenvalue weighted by atomic mass is 10.2. The maximum Gasteiger partial charge on any atom is 0.331 e. The molecule has 0 spiro atoms. The molecule has 1 N–H and O–H groups in total. The summed E-state index contributed by atoms with van der Waals surface area (Å²) in [4.78, 5) is 10.5. The number of rotatable bonds is 7. The van der Waals surface area contributed by atoms with Crippen LogP contribution in [0.5, 0.6) is 0 Å². The molecule has 3 heteroatoms. The number of hydrogen-bond acceptors (Lipinski definition) is 2. The molecule has 0 bridgehead atoms. The van der Waals surface area contributed by atoms with Gasteiger partial charge in [0.05, 0.1) is 6.61 Å². The molecular formula is C10H18O3. The van der Waals surface area contributed by atoms with Gasteiger partial charge in [0.1, 0.15) is 0 Å². The normalized spacial score (nSPS) is 11.7. The summed E-state index contributed by atoms with van der Waals surface area (Å²) in [5, 5.41) is 8.65. The van der Waals surface area contributed by atoms with Crippen molar-refractivity contribution >= 4 is 5.97 Å². The van der Waals surface area contributed by atoms with E-state index in [4.69, 9.17) is 9.84 Å². The van der Waals surface area contributed by atoms with Gasteiger partial charge in [0.15, 0.2) is 0 Å². The van der Waals surface area contributed by atoms with Gasteiger partial charge in [-0.05, 0) is 18.9 Å². The van der Waals surface area contributed by atoms with E-state index in [9.17, 15) is 4.79 Å². The number of carboxylic acids is 1. The lowest BCUT2D eigenvalue weighted by Gasteiger charge is -2.00. The minimum Gasteiger partial charge on any atom is -0.478 e. The Balaban J connectivity index is 3.61. The summed E-state index contributed by atoms with van der Waals surface area (Å²) in [6.07, 6.45) is 4.32. The second-order valence-corrected chi connectivity index (χ2v) is 2.82. The van der Waals surface area contributed by atoms with E-state index in [0.717, 1.165) is 12.8 Å². The van der Waals surface area contributed by atoms with Crippen molar-refractivity contribution in [3.8, 4) is 0 Å². The first kappa shape index (κ1) is 12.2. The molecule has 0 unspecified atom stereocenters. The third kappa shape index (κ3) is 6.34. The zero-order valence-corrected chi connectivity index (χ0v) is 8.38. The van der Waals surface area contributed by atoms with Crippen LogP contribution in [0.3, 0.4) is 0 Å². The van der Waals surface area contributed by atoms with Crippen molar-refractivity contribution in [3.63, 3.8) is 0 Å². The van der Waals surface area contributed by atoms with Crippen molar-refractivity contribution in [1.82, 2.24) is 0 Å². The summed E-state index contributed by atoms with van der Waals surface area (Å²) >= 11 is 0. The first-order valence-electron chi connectivity index (χ1n) is 4.72. The summed E-state index contributed by atoms with van der Waals surface area (Å²) in [6, 6.07) is 0. The van der Waals surface area contributed by atoms with Gasteiger partial charge in [0.2, 0.25) is 0 Å². The van der Waals surface area contributed by atoms with Crippen LogP contribution < -0.4 is 0 Å². The van der Waals surface area contributed by atoms with Gasteiger partial charge in [-0.25, -0.2) is 4.79 Å². The van der Waals surface area contributed by atoms with Gasteiger partial charge < -0.3 is 9.84 Å². The molecule has 0 saturated carbocycles. The molecule has 0 aliphatic carbocycles. The smallest absolute Gasteiger partial charge is 0.331 e. The van der Waals surface area contributed by atoms with Crippen molar-refractivity contribution in [2.24, 2.45) is 0 Å². The van der Waals surface area contributed by atoms with E-state index >= 15 is 0 Å². The van der Waals surface area contributed by atoms with Crippen molar-refractivity contribution in [3.05, 3.63) is 11.6 Å². The molecule has 0 rings (SSSR count). The molecule has 0 aliphatic rings. The average Bonchev–Trinajstić information content (AvgIpc) is 2.10. The number of carbonyl (C=O) groups is 1. The van der Waals surface area contributed by atoms with E-state index in [-0.39, 0.29) is 0 Å². The highest BCUT2D eigenvalue weighted by Crippen LogP contribution is 2.00. The predicted octanol–water partition coefficient (Wildman–Crippen LogP) is 2.22. The number of aliphatic carboxylic acids is 1. The maximum absolute atomic E-state index is 10.5. The van der Waals surface area contributed by atoms with E-state index in [1.165, 1.54) is 0 Å². The Bertz CT molecular complexity index is 173. The molecule has 0 fully saturated rings. The van der Waals surface area contributed by atoms with E-state index in [0.29, 0.717) is 25.2 Å². The van der Waals surface area contributed by atoms with Gasteiger partial charge in [0.25, 0.3) is 0 Å². The van der Waals surface area contributed by atoms with E-state index in [1.807, 2.05) is 6.92 Å². The Morgan fingerprint density at radius 2 is 2.15 bits per heavy atom. The van der Waals surface area contributed by atoms with Gasteiger partial charge in [-0.15, -0.1) is 0 Å². The van der Waals surface area contributed by atoms with Gasteiger partial charge in [0, 0.05) is 12.2 Å². The molecule has 0 aliphatic heterocycles. The third-order valence-electron chi connectivity index (χ3n) is 1.75. The first-order chi connectivity index (χ1) is 6.22. The SMILES string of the molecule is CCCCOCC=C(CC)C(=O)O. The second-order valence-electron chi connectivity index (χ2n) is 2.82. The van der Waals surface area contributed by atoms with Crippen LogP contribution in [0.4, 0.5) is 0 Å². The van der Waals surface area contributed by atoms with E-state index in [1.54, 1.807) is 6.08 Å². The molecule has 3 nitrogen and oxygen atoms in total. The van der Waals surface area contributed by atoms with Crippen LogP contribution in [0.15, 0.2) is 11.6 Å². The molecule has 0 aromatic carbocycles. The van der Waals surface area contributed by atoms with Gasteiger partial charge >= 0.3 is 5.97 Å². The number of carboxylic acid groups (broad SMARTS) is 1. The quantitative estimate of drug-likeness (QED) is 0.490. The number of ether oxygens (including phenoxy) is 1. The minimum atomic E-state index is -0.846. The Labute approximate surface area is 79.4 Å². The largest absolute Gasteiger partial charge is 0.478 e. The fourth-order valence-corrected chi connectivity index (χ4v) is 0.872. The molecule has 0 radical (unpaired) electrons. The Morgan fingerprint density at radius 1 is 1.46 bits per heavy atom. The summed E-state index contributed by atoms with van der Waals surface area (Å²) in [7, 11) is 0. The molecule has 0 aromatic heterocycles. The van der Waals surface area contributed by atoms with Gasteiger partial charge in [-0.3, -0.25) is 0 Å². The van der Waals surface area contributed by atoms with Crippen LogP contribution in [0, 0.1) is 0 Å². The van der Waals surface area contributed by atoms with Crippen LogP contribution in [0.25, 0.3) is 0 Å². The van der Waals surface area contributed by atoms with E-state index in [2.05, 4.69) is 6.92 Å². The fraction of sp³-hybridized carbons (Fsp3) is 0.700. The lowest BCUT2D eigenvalue weighted by molar-refractivity contribution is -0.132. The maximum atomic E-state index is 10.5. The van der Waals surface area contributed by atoms with Crippen LogP contribution >= 0.6 is 0 Å². The van der Waals surface area contributed by atoms with Gasteiger partial charge in [-0.2, -0.15) is 0 Å². The van der Waals surface area contributed by atoms with Crippen LogP contribution in [0.1, 0.15) is 33.1 Å². The first-order valence-corrected chi connectivity index (χ1v) is 4.72. The standard InChI is InChI=1S/C10H18O3/c1-3-5-7-13-8-6-9(4-2)10(11)12/h6H,3-5,7-8H2,1-2H3,(H,11,12). The monoisotopic (exact) mass is 186 g/mol. The number of hydrogen-bond donors (Lipinski definition) is 1. The zero-order chi connectivity index (χ0) is 10.1. The predicted molar refractivity (Wildman–Crippen MR) is 51.7 cm³/mol. The highest BCUT2D eigenvalue weighted by molar-refractivity contribution is 5.86. The highest BCUT2D eigenvalue weighted by Gasteiger charge is 2.02.